The Morgan fingerprint density at radius 3 is 2.42 bits per heavy atom. The highest BCUT2D eigenvalue weighted by molar-refractivity contribution is 5.84. The number of hydrogen-bond acceptors (Lipinski definition) is 4. The van der Waals surface area contributed by atoms with Gasteiger partial charge in [0, 0.05) is 36.6 Å². The molecule has 2 rings (SSSR count). The Bertz CT molecular complexity index is 742. The molecule has 4 nitrogen and oxygen atoms in total. The molecule has 0 aliphatic heterocycles. The highest BCUT2D eigenvalue weighted by Crippen LogP contribution is 2.24. The first-order valence-electron chi connectivity index (χ1n) is 8.95. The monoisotopic (exact) mass is 357 g/mol. The number of phenolic OH excluding ortho intramolecular Hbond substituents is 1. The highest BCUT2D eigenvalue weighted by Gasteiger charge is 2.14. The van der Waals surface area contributed by atoms with Gasteiger partial charge in [-0.3, -0.25) is 4.99 Å². The summed E-state index contributed by atoms with van der Waals surface area (Å²) in [7, 11) is 3.89. The maximum Gasteiger partial charge on any atom is 0.126 e. The van der Waals surface area contributed by atoms with Crippen molar-refractivity contribution >= 4 is 11.9 Å². The first-order valence-corrected chi connectivity index (χ1v) is 8.95. The summed E-state index contributed by atoms with van der Waals surface area (Å²) in [6.07, 6.45) is 1.68. The minimum Gasteiger partial charge on any atom is -0.507 e. The van der Waals surface area contributed by atoms with Crippen molar-refractivity contribution in [2.75, 3.05) is 38.6 Å². The predicted octanol–water partition coefficient (Wildman–Crippen LogP) is 4.10. The van der Waals surface area contributed by atoms with Gasteiger partial charge in [-0.2, -0.15) is 0 Å². The Morgan fingerprint density at radius 2 is 1.85 bits per heavy atom. The minimum atomic E-state index is -0.247. The molecule has 0 aliphatic carbocycles. The number of benzene rings is 2. The van der Waals surface area contributed by atoms with Crippen molar-refractivity contribution in [3.05, 3.63) is 59.4 Å². The third-order valence-electron chi connectivity index (χ3n) is 4.51. The van der Waals surface area contributed by atoms with Gasteiger partial charge in [0.25, 0.3) is 0 Å². The van der Waals surface area contributed by atoms with Crippen molar-refractivity contribution in [2.24, 2.45) is 4.99 Å². The number of phenols is 1. The third kappa shape index (κ3) is 5.05. The fourth-order valence-corrected chi connectivity index (χ4v) is 2.96. The van der Waals surface area contributed by atoms with Crippen LogP contribution in [0.15, 0.2) is 47.5 Å². The van der Waals surface area contributed by atoms with Crippen LogP contribution in [0.4, 0.5) is 10.1 Å². The Labute approximate surface area is 155 Å². The van der Waals surface area contributed by atoms with Crippen LogP contribution in [0.3, 0.4) is 0 Å². The van der Waals surface area contributed by atoms with E-state index in [9.17, 15) is 9.50 Å². The van der Waals surface area contributed by atoms with Gasteiger partial charge in [-0.15, -0.1) is 0 Å². The van der Waals surface area contributed by atoms with E-state index in [1.54, 1.807) is 18.3 Å². The van der Waals surface area contributed by atoms with Gasteiger partial charge in [0.2, 0.25) is 0 Å². The molecule has 0 radical (unpaired) electrons. The number of aliphatic imine (C=N–C) groups is 1. The number of hydrogen-bond donors (Lipinski definition) is 1. The summed E-state index contributed by atoms with van der Waals surface area (Å²) < 4.78 is 13.5. The van der Waals surface area contributed by atoms with Crippen LogP contribution in [0.2, 0.25) is 0 Å². The lowest BCUT2D eigenvalue weighted by Crippen LogP contribution is -2.22. The van der Waals surface area contributed by atoms with Crippen LogP contribution in [0.25, 0.3) is 0 Å². The van der Waals surface area contributed by atoms with Crippen LogP contribution in [0.1, 0.15) is 31.0 Å². The molecule has 2 aromatic carbocycles. The number of likely N-dealkylation sites (N-methyl/N-ethyl adjacent to an activating group) is 1. The maximum atomic E-state index is 13.5. The first kappa shape index (κ1) is 19.9. The van der Waals surface area contributed by atoms with Crippen LogP contribution in [-0.2, 0) is 0 Å². The summed E-state index contributed by atoms with van der Waals surface area (Å²) >= 11 is 0. The molecule has 5 heteroatoms. The summed E-state index contributed by atoms with van der Waals surface area (Å²) in [5.41, 5.74) is 2.56. The molecule has 0 amide bonds. The van der Waals surface area contributed by atoms with E-state index in [1.165, 1.54) is 12.1 Å². The molecule has 0 aromatic heterocycles. The summed E-state index contributed by atoms with van der Waals surface area (Å²) in [6.45, 7) is 6.43. The molecule has 0 saturated heterocycles. The highest BCUT2D eigenvalue weighted by atomic mass is 19.1. The number of rotatable bonds is 8. The summed E-state index contributed by atoms with van der Waals surface area (Å²) in [4.78, 5) is 8.66. The second kappa shape index (κ2) is 9.34. The first-order chi connectivity index (χ1) is 12.5. The SMILES string of the molecule is CCN(CC)c1ccc(C=NC[C@H](c2cccc(F)c2)N(C)C)c(O)c1. The molecule has 0 bridgehead atoms. The molecule has 2 aromatic rings. The Kier molecular flexibility index (Phi) is 7.16. The number of halogens is 1. The predicted molar refractivity (Wildman–Crippen MR) is 107 cm³/mol. The number of anilines is 1. The van der Waals surface area contributed by atoms with Gasteiger partial charge in [-0.25, -0.2) is 4.39 Å². The molecule has 26 heavy (non-hydrogen) atoms. The van der Waals surface area contributed by atoms with Crippen molar-refractivity contribution in [3.63, 3.8) is 0 Å². The summed E-state index contributed by atoms with van der Waals surface area (Å²) in [5, 5.41) is 10.3. The quantitative estimate of drug-likeness (QED) is 0.723. The smallest absolute Gasteiger partial charge is 0.126 e. The van der Waals surface area contributed by atoms with E-state index in [-0.39, 0.29) is 17.6 Å². The van der Waals surface area contributed by atoms with Crippen molar-refractivity contribution in [2.45, 2.75) is 19.9 Å². The van der Waals surface area contributed by atoms with Crippen LogP contribution in [0, 0.1) is 5.82 Å². The molecule has 0 heterocycles. The zero-order chi connectivity index (χ0) is 19.1. The van der Waals surface area contributed by atoms with Crippen molar-refractivity contribution in [3.8, 4) is 5.75 Å². The second-order valence-electron chi connectivity index (χ2n) is 6.44. The fourth-order valence-electron chi connectivity index (χ4n) is 2.96. The third-order valence-corrected chi connectivity index (χ3v) is 4.51. The van der Waals surface area contributed by atoms with E-state index in [2.05, 4.69) is 23.7 Å². The fraction of sp³-hybridized carbons (Fsp3) is 0.381. The summed E-state index contributed by atoms with van der Waals surface area (Å²) in [6, 6.07) is 12.2. The van der Waals surface area contributed by atoms with Crippen LogP contribution in [0.5, 0.6) is 5.75 Å². The summed E-state index contributed by atoms with van der Waals surface area (Å²) in [5.74, 6) is -0.0340. The van der Waals surface area contributed by atoms with Crippen LogP contribution >= 0.6 is 0 Å². The molecule has 140 valence electrons. The average molecular weight is 357 g/mol. The molecule has 1 atom stereocenters. The van der Waals surface area contributed by atoms with Gasteiger partial charge in [-0.1, -0.05) is 12.1 Å². The maximum absolute atomic E-state index is 13.5. The molecule has 1 N–H and O–H groups in total. The lowest BCUT2D eigenvalue weighted by atomic mass is 10.1. The largest absolute Gasteiger partial charge is 0.507 e. The topological polar surface area (TPSA) is 39.1 Å². The van der Waals surface area contributed by atoms with Gasteiger partial charge < -0.3 is 14.9 Å². The van der Waals surface area contributed by atoms with Crippen LogP contribution in [-0.4, -0.2) is 50.0 Å². The van der Waals surface area contributed by atoms with Crippen molar-refractivity contribution in [1.82, 2.24) is 4.90 Å². The van der Waals surface area contributed by atoms with E-state index in [4.69, 9.17) is 0 Å². The van der Waals surface area contributed by atoms with Gasteiger partial charge in [0.05, 0.1) is 12.6 Å². The molecule has 0 spiro atoms. The second-order valence-corrected chi connectivity index (χ2v) is 6.44. The van der Waals surface area contributed by atoms with Gasteiger partial charge in [-0.05, 0) is 57.8 Å². The van der Waals surface area contributed by atoms with Crippen molar-refractivity contribution in [1.29, 1.82) is 0 Å². The van der Waals surface area contributed by atoms with E-state index in [0.717, 1.165) is 24.3 Å². The lowest BCUT2D eigenvalue weighted by Gasteiger charge is -2.23. The molecule has 0 saturated carbocycles. The zero-order valence-electron chi connectivity index (χ0n) is 16.0. The van der Waals surface area contributed by atoms with E-state index >= 15 is 0 Å². The Balaban J connectivity index is 2.13. The van der Waals surface area contributed by atoms with E-state index < -0.39 is 0 Å². The molecular formula is C21H28FN3O. The molecule has 0 fully saturated rings. The van der Waals surface area contributed by atoms with Gasteiger partial charge in [0.15, 0.2) is 0 Å². The van der Waals surface area contributed by atoms with Gasteiger partial charge in [0.1, 0.15) is 11.6 Å². The lowest BCUT2D eigenvalue weighted by molar-refractivity contribution is 0.306. The molecule has 0 unspecified atom stereocenters. The minimum absolute atomic E-state index is 0.0287. The van der Waals surface area contributed by atoms with Gasteiger partial charge >= 0.3 is 0 Å². The normalized spacial score (nSPS) is 12.7. The van der Waals surface area contributed by atoms with Crippen LogP contribution < -0.4 is 4.90 Å². The Morgan fingerprint density at radius 1 is 1.12 bits per heavy atom. The number of nitrogens with zero attached hydrogens (tertiary/aromatic N) is 3. The Hall–Kier alpha value is -2.40. The number of aromatic hydroxyl groups is 1. The van der Waals surface area contributed by atoms with E-state index in [1.807, 2.05) is 37.2 Å². The van der Waals surface area contributed by atoms with Crippen molar-refractivity contribution < 1.29 is 9.50 Å². The average Bonchev–Trinajstić information content (AvgIpc) is 2.61. The standard InChI is InChI=1S/C21H28FN3O/c1-5-25(6-2)19-11-10-17(21(26)13-19)14-23-15-20(24(3)4)16-8-7-9-18(22)12-16/h7-14,20,26H,5-6,15H2,1-4H3/t20-/m1/s1. The van der Waals surface area contributed by atoms with E-state index in [0.29, 0.717) is 12.1 Å². The molecular weight excluding hydrogens is 329 g/mol. The zero-order valence-corrected chi connectivity index (χ0v) is 16.0. The molecule has 0 aliphatic rings.